The first-order valence-corrected chi connectivity index (χ1v) is 34.4. The number of carbonyl (C=O) groups is 3. The molecule has 0 aromatic carbocycles. The SMILES string of the molecule is CC/C=C\C/C=C\C/C=C\C/C=C\C/C=C\C/C=C\C/C=C\CCCC(=O)OC(COC(=O)CCCCCCC/C=C\CCCC)COC(=O)CCCCCCCCCCCCCCCCCCC/C=C\CCCCCCCCCC. The predicted octanol–water partition coefficient (Wildman–Crippen LogP) is 23.8. The van der Waals surface area contributed by atoms with Gasteiger partial charge < -0.3 is 14.2 Å². The van der Waals surface area contributed by atoms with Gasteiger partial charge in [0.1, 0.15) is 13.2 Å². The second-order valence-corrected chi connectivity index (χ2v) is 22.7. The van der Waals surface area contributed by atoms with Crippen LogP contribution in [0.2, 0.25) is 0 Å². The van der Waals surface area contributed by atoms with E-state index in [4.69, 9.17) is 14.2 Å². The van der Waals surface area contributed by atoms with Crippen molar-refractivity contribution in [3.05, 3.63) is 109 Å². The first-order chi connectivity index (χ1) is 40.0. The molecule has 0 radical (unpaired) electrons. The highest BCUT2D eigenvalue weighted by molar-refractivity contribution is 5.71. The van der Waals surface area contributed by atoms with Crippen LogP contribution in [0.1, 0.15) is 329 Å². The molecule has 1 atom stereocenters. The fourth-order valence-electron chi connectivity index (χ4n) is 9.59. The van der Waals surface area contributed by atoms with E-state index in [-0.39, 0.29) is 37.5 Å². The first kappa shape index (κ1) is 77.1. The number of ether oxygens (including phenoxy) is 3. The average Bonchev–Trinajstić information content (AvgIpc) is 3.47. The van der Waals surface area contributed by atoms with Gasteiger partial charge in [0.15, 0.2) is 6.10 Å². The van der Waals surface area contributed by atoms with Gasteiger partial charge in [-0.25, -0.2) is 0 Å². The van der Waals surface area contributed by atoms with E-state index in [0.29, 0.717) is 19.3 Å². The van der Waals surface area contributed by atoms with E-state index in [1.807, 2.05) is 0 Å². The molecule has 1 unspecified atom stereocenters. The van der Waals surface area contributed by atoms with Crippen LogP contribution in [0.3, 0.4) is 0 Å². The molecule has 0 aliphatic carbocycles. The minimum absolute atomic E-state index is 0.103. The molecular formula is C75H128O6. The zero-order valence-corrected chi connectivity index (χ0v) is 53.3. The summed E-state index contributed by atoms with van der Waals surface area (Å²) in [6.07, 6.45) is 94.2. The number of allylic oxidation sites excluding steroid dienone is 18. The second-order valence-electron chi connectivity index (χ2n) is 22.7. The molecule has 6 nitrogen and oxygen atoms in total. The van der Waals surface area contributed by atoms with Crippen molar-refractivity contribution in [2.45, 2.75) is 335 Å². The molecule has 0 aromatic heterocycles. The van der Waals surface area contributed by atoms with E-state index in [2.05, 4.69) is 130 Å². The maximum absolute atomic E-state index is 12.9. The van der Waals surface area contributed by atoms with Crippen LogP contribution in [-0.2, 0) is 28.6 Å². The van der Waals surface area contributed by atoms with Crippen molar-refractivity contribution in [3.8, 4) is 0 Å². The number of unbranched alkanes of at least 4 members (excludes halogenated alkanes) is 33. The fourth-order valence-corrected chi connectivity index (χ4v) is 9.59. The number of hydrogen-bond acceptors (Lipinski definition) is 6. The Morgan fingerprint density at radius 3 is 0.840 bits per heavy atom. The van der Waals surface area contributed by atoms with Gasteiger partial charge in [0.25, 0.3) is 0 Å². The van der Waals surface area contributed by atoms with Crippen LogP contribution in [0.4, 0.5) is 0 Å². The molecule has 6 heteroatoms. The van der Waals surface area contributed by atoms with Crippen LogP contribution in [-0.4, -0.2) is 37.2 Å². The summed E-state index contributed by atoms with van der Waals surface area (Å²) in [4.78, 5) is 38.3. The van der Waals surface area contributed by atoms with Crippen molar-refractivity contribution in [3.63, 3.8) is 0 Å². The highest BCUT2D eigenvalue weighted by atomic mass is 16.6. The molecule has 0 aromatic rings. The smallest absolute Gasteiger partial charge is 0.306 e. The van der Waals surface area contributed by atoms with Crippen molar-refractivity contribution in [1.82, 2.24) is 0 Å². The van der Waals surface area contributed by atoms with Gasteiger partial charge in [-0.3, -0.25) is 14.4 Å². The Morgan fingerprint density at radius 1 is 0.259 bits per heavy atom. The summed E-state index contributed by atoms with van der Waals surface area (Å²) < 4.78 is 16.9. The zero-order valence-electron chi connectivity index (χ0n) is 53.3. The Morgan fingerprint density at radius 2 is 0.506 bits per heavy atom. The van der Waals surface area contributed by atoms with Gasteiger partial charge in [-0.05, 0) is 116 Å². The Balaban J connectivity index is 4.29. The van der Waals surface area contributed by atoms with Gasteiger partial charge >= 0.3 is 17.9 Å². The van der Waals surface area contributed by atoms with E-state index in [9.17, 15) is 14.4 Å². The van der Waals surface area contributed by atoms with Gasteiger partial charge in [-0.2, -0.15) is 0 Å². The Bertz CT molecular complexity index is 1620. The Labute approximate surface area is 501 Å². The van der Waals surface area contributed by atoms with Crippen LogP contribution in [0.5, 0.6) is 0 Å². The summed E-state index contributed by atoms with van der Waals surface area (Å²) in [6.45, 7) is 6.46. The maximum atomic E-state index is 12.9. The third-order valence-corrected chi connectivity index (χ3v) is 14.7. The lowest BCUT2D eigenvalue weighted by molar-refractivity contribution is -0.167. The summed E-state index contributed by atoms with van der Waals surface area (Å²) in [5.41, 5.74) is 0. The van der Waals surface area contributed by atoms with Crippen LogP contribution in [0.15, 0.2) is 109 Å². The molecule has 0 aliphatic heterocycles. The number of carbonyl (C=O) groups excluding carboxylic acids is 3. The van der Waals surface area contributed by atoms with E-state index < -0.39 is 6.10 Å². The number of esters is 3. The van der Waals surface area contributed by atoms with Gasteiger partial charge in [-0.15, -0.1) is 0 Å². The summed E-state index contributed by atoms with van der Waals surface area (Å²) in [5.74, 6) is -0.964. The molecule has 0 spiro atoms. The molecule has 0 saturated carbocycles. The third-order valence-electron chi connectivity index (χ3n) is 14.7. The third kappa shape index (κ3) is 66.8. The second kappa shape index (κ2) is 68.6. The molecular weight excluding hydrogens is 997 g/mol. The average molecular weight is 1130 g/mol. The van der Waals surface area contributed by atoms with Gasteiger partial charge in [-0.1, -0.05) is 304 Å². The summed E-state index contributed by atoms with van der Waals surface area (Å²) in [7, 11) is 0. The lowest BCUT2D eigenvalue weighted by Gasteiger charge is -2.18. The quantitative estimate of drug-likeness (QED) is 0.0261. The standard InChI is InChI=1S/C75H128O6/c1-4-7-10-13-16-19-22-24-26-28-30-32-34-35-36-37-38-39-41-42-44-46-48-50-53-56-59-62-65-68-74(77)80-71-72(70-79-73(76)67-64-61-58-55-52-21-18-15-12-9-6-3)81-75(78)69-66-63-60-57-54-51-49-47-45-43-40-33-31-29-27-25-23-20-17-14-11-8-5-2/h8,11,15,17-18,20,25,27-28,30-31,33,43,45,49,51,57,60,72H,4-7,9-10,12-14,16,19,21-24,26,29,32,34-42,44,46-48,50,52-56,58-59,61-71H2,1-3H3/b11-8-,18-15-,20-17-,27-25-,30-28-,33-31-,45-43-,51-49-,60-57-. The largest absolute Gasteiger partial charge is 0.462 e. The van der Waals surface area contributed by atoms with Crippen molar-refractivity contribution >= 4 is 17.9 Å². The molecule has 0 amide bonds. The lowest BCUT2D eigenvalue weighted by Crippen LogP contribution is -2.30. The van der Waals surface area contributed by atoms with Gasteiger partial charge in [0.05, 0.1) is 0 Å². The molecule has 0 bridgehead atoms. The maximum Gasteiger partial charge on any atom is 0.306 e. The Hall–Kier alpha value is -3.93. The highest BCUT2D eigenvalue weighted by Crippen LogP contribution is 2.17. The molecule has 0 aliphatic rings. The van der Waals surface area contributed by atoms with Crippen molar-refractivity contribution in [1.29, 1.82) is 0 Å². The predicted molar refractivity (Wildman–Crippen MR) is 353 cm³/mol. The molecule has 0 fully saturated rings. The monoisotopic (exact) mass is 1120 g/mol. The lowest BCUT2D eigenvalue weighted by atomic mass is 10.0. The minimum atomic E-state index is -0.814. The number of hydrogen-bond donors (Lipinski definition) is 0. The summed E-state index contributed by atoms with van der Waals surface area (Å²) >= 11 is 0. The topological polar surface area (TPSA) is 78.9 Å². The fraction of sp³-hybridized carbons (Fsp3) is 0.720. The molecule has 81 heavy (non-hydrogen) atoms. The van der Waals surface area contributed by atoms with Crippen LogP contribution < -0.4 is 0 Å². The first-order valence-electron chi connectivity index (χ1n) is 34.4. The minimum Gasteiger partial charge on any atom is -0.462 e. The molecule has 0 N–H and O–H groups in total. The van der Waals surface area contributed by atoms with Crippen molar-refractivity contribution in [2.24, 2.45) is 0 Å². The number of rotatable bonds is 62. The van der Waals surface area contributed by atoms with E-state index in [1.54, 1.807) is 0 Å². The van der Waals surface area contributed by atoms with Crippen molar-refractivity contribution in [2.75, 3.05) is 13.2 Å². The normalized spacial score (nSPS) is 12.8. The summed E-state index contributed by atoms with van der Waals surface area (Å²) in [5, 5.41) is 0. The molecule has 0 heterocycles. The van der Waals surface area contributed by atoms with E-state index in [0.717, 1.165) is 103 Å². The molecule has 0 rings (SSSR count). The van der Waals surface area contributed by atoms with Crippen LogP contribution in [0.25, 0.3) is 0 Å². The summed E-state index contributed by atoms with van der Waals surface area (Å²) in [6, 6.07) is 0. The Kier molecular flexibility index (Phi) is 65.2. The van der Waals surface area contributed by atoms with E-state index in [1.165, 1.54) is 180 Å². The molecule has 0 saturated heterocycles. The van der Waals surface area contributed by atoms with Crippen LogP contribution in [0, 0.1) is 0 Å². The van der Waals surface area contributed by atoms with E-state index >= 15 is 0 Å². The highest BCUT2D eigenvalue weighted by Gasteiger charge is 2.19. The van der Waals surface area contributed by atoms with Crippen molar-refractivity contribution < 1.29 is 28.6 Å². The molecule has 464 valence electrons. The van der Waals surface area contributed by atoms with Gasteiger partial charge in [0, 0.05) is 19.3 Å². The van der Waals surface area contributed by atoms with Gasteiger partial charge in [0.2, 0.25) is 0 Å². The van der Waals surface area contributed by atoms with Crippen LogP contribution >= 0.6 is 0 Å². The zero-order chi connectivity index (χ0) is 58.5.